The monoisotopic (exact) mass is 584 g/mol. The van der Waals surface area contributed by atoms with Crippen molar-refractivity contribution < 1.29 is 18.0 Å². The highest BCUT2D eigenvalue weighted by atomic mass is 35.5. The van der Waals surface area contributed by atoms with Gasteiger partial charge in [-0.05, 0) is 75.9 Å². The lowest BCUT2D eigenvalue weighted by Crippen LogP contribution is -2.55. The largest absolute Gasteiger partial charge is 0.350 e. The Morgan fingerprint density at radius 2 is 1.66 bits per heavy atom. The van der Waals surface area contributed by atoms with Gasteiger partial charge in [0.1, 0.15) is 12.6 Å². The maximum Gasteiger partial charge on any atom is 0.304 e. The second-order valence-corrected chi connectivity index (χ2v) is 13.4. The molecule has 1 atom stereocenters. The quantitative estimate of drug-likeness (QED) is 0.428. The van der Waals surface area contributed by atoms with E-state index in [0.717, 1.165) is 14.2 Å². The molecule has 0 heterocycles. The van der Waals surface area contributed by atoms with Gasteiger partial charge in [0.05, 0.1) is 5.69 Å². The summed E-state index contributed by atoms with van der Waals surface area (Å²) in [5, 5.41) is 3.72. The highest BCUT2D eigenvalue weighted by Gasteiger charge is 2.35. The molecule has 0 aromatic heterocycles. The number of hydrogen-bond donors (Lipinski definition) is 1. The second-order valence-electron chi connectivity index (χ2n) is 10.5. The van der Waals surface area contributed by atoms with E-state index >= 15 is 0 Å². The highest BCUT2D eigenvalue weighted by molar-refractivity contribution is 7.90. The average Bonchev–Trinajstić information content (AvgIpc) is 2.78. The van der Waals surface area contributed by atoms with Crippen molar-refractivity contribution in [2.24, 2.45) is 0 Å². The number of nitrogens with one attached hydrogen (secondary N) is 1. The normalized spacial score (nSPS) is 12.8. The van der Waals surface area contributed by atoms with Crippen LogP contribution in [0.4, 0.5) is 5.69 Å². The third-order valence-electron chi connectivity index (χ3n) is 5.89. The third-order valence-corrected chi connectivity index (χ3v) is 8.28. The minimum atomic E-state index is -4.05. The number of carbonyl (C=O) groups is 2. The highest BCUT2D eigenvalue weighted by Crippen LogP contribution is 2.27. The number of benzene rings is 2. The minimum absolute atomic E-state index is 0.00639. The molecule has 2 rings (SSSR count). The summed E-state index contributed by atoms with van der Waals surface area (Å²) in [6.45, 7) is 10.5. The van der Waals surface area contributed by atoms with Crippen LogP contribution in [0.25, 0.3) is 0 Å². The molecule has 2 amide bonds. The van der Waals surface area contributed by atoms with Gasteiger partial charge in [-0.15, -0.1) is 0 Å². The van der Waals surface area contributed by atoms with Gasteiger partial charge < -0.3 is 10.2 Å². The number of anilines is 1. The van der Waals surface area contributed by atoms with Crippen molar-refractivity contribution >= 4 is 50.9 Å². The van der Waals surface area contributed by atoms with Crippen molar-refractivity contribution in [3.63, 3.8) is 0 Å². The van der Waals surface area contributed by atoms with E-state index in [2.05, 4.69) is 5.32 Å². The van der Waals surface area contributed by atoms with Gasteiger partial charge in [-0.3, -0.25) is 9.59 Å². The van der Waals surface area contributed by atoms with Crippen LogP contribution < -0.4 is 9.62 Å². The van der Waals surface area contributed by atoms with Crippen molar-refractivity contribution in [3.8, 4) is 0 Å². The summed E-state index contributed by atoms with van der Waals surface area (Å²) in [5.74, 6) is -0.884. The molecule has 0 aliphatic heterocycles. The number of halogens is 2. The molecule has 0 aliphatic carbocycles. The Morgan fingerprint density at radius 3 is 2.18 bits per heavy atom. The van der Waals surface area contributed by atoms with Crippen LogP contribution in [-0.2, 0) is 26.3 Å². The Bertz CT molecular complexity index is 1280. The molecule has 210 valence electrons. The molecule has 2 aromatic carbocycles. The summed E-state index contributed by atoms with van der Waals surface area (Å²) in [4.78, 5) is 28.7. The van der Waals surface area contributed by atoms with Crippen molar-refractivity contribution in [3.05, 3.63) is 63.1 Å². The lowest BCUT2D eigenvalue weighted by molar-refractivity contribution is -0.141. The molecule has 1 unspecified atom stereocenters. The number of hydrogen-bond acceptors (Lipinski definition) is 4. The Hall–Kier alpha value is -2.33. The van der Waals surface area contributed by atoms with Gasteiger partial charge in [0, 0.05) is 36.2 Å². The molecule has 0 saturated heterocycles. The Morgan fingerprint density at radius 1 is 1.03 bits per heavy atom. The zero-order chi connectivity index (χ0) is 29.0. The fourth-order valence-corrected chi connectivity index (χ4v) is 5.48. The number of carbonyl (C=O) groups excluding carboxylic acids is 2. The summed E-state index contributed by atoms with van der Waals surface area (Å²) in [6, 6.07) is 9.46. The lowest BCUT2D eigenvalue weighted by Gasteiger charge is -2.35. The van der Waals surface area contributed by atoms with E-state index in [9.17, 15) is 18.0 Å². The zero-order valence-electron chi connectivity index (χ0n) is 23.3. The molecule has 0 saturated carbocycles. The molecule has 0 fully saturated rings. The molecule has 38 heavy (non-hydrogen) atoms. The van der Waals surface area contributed by atoms with Gasteiger partial charge in [-0.1, -0.05) is 48.3 Å². The van der Waals surface area contributed by atoms with Crippen LogP contribution in [0.5, 0.6) is 0 Å². The Kier molecular flexibility index (Phi) is 10.6. The van der Waals surface area contributed by atoms with E-state index in [1.165, 1.54) is 19.0 Å². The first-order valence-corrected chi connectivity index (χ1v) is 14.5. The van der Waals surface area contributed by atoms with Crippen molar-refractivity contribution in [1.29, 1.82) is 0 Å². The molecule has 0 radical (unpaired) electrons. The molecule has 11 heteroatoms. The molecule has 2 aromatic rings. The van der Waals surface area contributed by atoms with Gasteiger partial charge >= 0.3 is 10.2 Å². The number of aryl methyl sites for hydroxylation is 2. The predicted octanol–water partition coefficient (Wildman–Crippen LogP) is 4.95. The number of rotatable bonds is 10. The van der Waals surface area contributed by atoms with E-state index in [-0.39, 0.29) is 12.5 Å². The standard InChI is InChI=1S/C27H38Cl2N4O4S/c1-9-23(26(35)30-27(4,5)6)32(16-20-12-13-21(28)15-22(20)29)25(34)17-33(38(36,37)31(7)8)24-14-18(2)10-11-19(24)3/h10-15,23H,9,16-17H2,1-8H3,(H,30,35). The van der Waals surface area contributed by atoms with Crippen LogP contribution in [-0.4, -0.2) is 61.7 Å². The van der Waals surface area contributed by atoms with Crippen molar-refractivity contribution in [1.82, 2.24) is 14.5 Å². The van der Waals surface area contributed by atoms with Gasteiger partial charge in [-0.25, -0.2) is 4.31 Å². The van der Waals surface area contributed by atoms with E-state index < -0.39 is 34.2 Å². The van der Waals surface area contributed by atoms with Gasteiger partial charge in [0.25, 0.3) is 0 Å². The molecule has 8 nitrogen and oxygen atoms in total. The topological polar surface area (TPSA) is 90.0 Å². The second kappa shape index (κ2) is 12.7. The third kappa shape index (κ3) is 8.09. The van der Waals surface area contributed by atoms with Crippen LogP contribution in [0.3, 0.4) is 0 Å². The summed E-state index contributed by atoms with van der Waals surface area (Å²) in [6.07, 6.45) is 0.308. The first-order chi connectivity index (χ1) is 17.5. The van der Waals surface area contributed by atoms with Crippen LogP contribution in [0.2, 0.25) is 10.0 Å². The Balaban J connectivity index is 2.61. The van der Waals surface area contributed by atoms with Gasteiger partial charge in [0.15, 0.2) is 0 Å². The summed E-state index contributed by atoms with van der Waals surface area (Å²) in [7, 11) is -1.23. The zero-order valence-corrected chi connectivity index (χ0v) is 25.6. The van der Waals surface area contributed by atoms with E-state index in [0.29, 0.717) is 33.3 Å². The minimum Gasteiger partial charge on any atom is -0.350 e. The molecular formula is C27H38Cl2N4O4S. The van der Waals surface area contributed by atoms with Gasteiger partial charge in [0.2, 0.25) is 11.8 Å². The maximum absolute atomic E-state index is 14.0. The average molecular weight is 586 g/mol. The van der Waals surface area contributed by atoms with Crippen molar-refractivity contribution in [2.45, 2.75) is 66.1 Å². The van der Waals surface area contributed by atoms with Crippen LogP contribution in [0.1, 0.15) is 50.8 Å². The molecule has 0 bridgehead atoms. The van der Waals surface area contributed by atoms with Crippen LogP contribution in [0.15, 0.2) is 36.4 Å². The van der Waals surface area contributed by atoms with Crippen LogP contribution in [0, 0.1) is 13.8 Å². The summed E-state index contributed by atoms with van der Waals surface area (Å²) in [5.41, 5.74) is 1.98. The molecule has 1 N–H and O–H groups in total. The first kappa shape index (κ1) is 31.9. The molecule has 0 spiro atoms. The van der Waals surface area contributed by atoms with E-state index in [1.807, 2.05) is 39.8 Å². The molecule has 0 aliphatic rings. The summed E-state index contributed by atoms with van der Waals surface area (Å²) >= 11 is 12.5. The predicted molar refractivity (Wildman–Crippen MR) is 155 cm³/mol. The van der Waals surface area contributed by atoms with Crippen molar-refractivity contribution in [2.75, 3.05) is 24.9 Å². The fourth-order valence-electron chi connectivity index (χ4n) is 3.90. The fraction of sp³-hybridized carbons (Fsp3) is 0.481. The smallest absolute Gasteiger partial charge is 0.304 e. The maximum atomic E-state index is 14.0. The Labute approximate surface area is 237 Å². The SMILES string of the molecule is CCC(C(=O)NC(C)(C)C)N(Cc1ccc(Cl)cc1Cl)C(=O)CN(c1cc(C)ccc1C)S(=O)(=O)N(C)C. The number of nitrogens with zero attached hydrogens (tertiary/aromatic N) is 3. The lowest BCUT2D eigenvalue weighted by atomic mass is 10.1. The number of amides is 2. The van der Waals surface area contributed by atoms with E-state index in [4.69, 9.17) is 23.2 Å². The first-order valence-electron chi connectivity index (χ1n) is 12.3. The molecular weight excluding hydrogens is 547 g/mol. The van der Waals surface area contributed by atoms with Gasteiger partial charge in [-0.2, -0.15) is 12.7 Å². The van der Waals surface area contributed by atoms with Crippen LogP contribution >= 0.6 is 23.2 Å². The van der Waals surface area contributed by atoms with E-state index in [1.54, 1.807) is 38.1 Å². The summed E-state index contributed by atoms with van der Waals surface area (Å²) < 4.78 is 29.0.